The second kappa shape index (κ2) is 7.70. The van der Waals surface area contributed by atoms with E-state index < -0.39 is 0 Å². The first kappa shape index (κ1) is 20.3. The first-order valence-electron chi connectivity index (χ1n) is 9.30. The number of carbonyl (C=O) groups excluding carboxylic acids is 3. The molecule has 8 heteroatoms. The van der Waals surface area contributed by atoms with Crippen LogP contribution in [0.15, 0.2) is 47.4 Å². The Balaban J connectivity index is 1.64. The molecule has 0 aromatic heterocycles. The fourth-order valence-electron chi connectivity index (χ4n) is 3.41. The monoisotopic (exact) mass is 437 g/mol. The lowest BCUT2D eigenvalue weighted by molar-refractivity contribution is -0.121. The van der Waals surface area contributed by atoms with E-state index in [0.717, 1.165) is 22.9 Å². The minimum Gasteiger partial charge on any atom is -0.325 e. The molecule has 2 aliphatic heterocycles. The minimum absolute atomic E-state index is 0.154. The summed E-state index contributed by atoms with van der Waals surface area (Å²) in [5.41, 5.74) is 4.42. The largest absolute Gasteiger partial charge is 0.325 e. The third kappa shape index (κ3) is 3.42. The summed E-state index contributed by atoms with van der Waals surface area (Å²) >= 11 is 6.32. The summed E-state index contributed by atoms with van der Waals surface area (Å²) in [6.07, 6.45) is 0. The Morgan fingerprint density at radius 2 is 1.80 bits per heavy atom. The molecule has 6 nitrogen and oxygen atoms in total. The highest BCUT2D eigenvalue weighted by molar-refractivity contribution is 8.26. The molecule has 0 unspecified atom stereocenters. The highest BCUT2D eigenvalue weighted by atomic mass is 32.2. The standard InChI is InChI=1S/C22H19N3O3S2/c1-12-8-9-14(10-13(12)2)23-17(26)11-25-16-7-5-4-6-15(16)18(20(25)27)19-21(28)24(3)22(29)30-19/h4-10H,11H2,1-3H3,(H,23,26)/b19-18-. The SMILES string of the molecule is Cc1ccc(NC(=O)CN2C(=O)/C(=C3\SC(=S)N(C)C3=O)c3ccccc32)cc1C. The lowest BCUT2D eigenvalue weighted by atomic mass is 10.1. The molecule has 2 aliphatic rings. The van der Waals surface area contributed by atoms with Crippen LogP contribution in [0.4, 0.5) is 11.4 Å². The maximum atomic E-state index is 13.3. The van der Waals surface area contributed by atoms with Crippen LogP contribution in [0, 0.1) is 13.8 Å². The first-order valence-corrected chi connectivity index (χ1v) is 10.5. The topological polar surface area (TPSA) is 69.7 Å². The number of amides is 3. The van der Waals surface area contributed by atoms with Gasteiger partial charge in [0.2, 0.25) is 5.91 Å². The van der Waals surface area contributed by atoms with E-state index in [1.54, 1.807) is 31.3 Å². The highest BCUT2D eigenvalue weighted by Gasteiger charge is 2.41. The van der Waals surface area contributed by atoms with Crippen molar-refractivity contribution in [1.29, 1.82) is 0 Å². The van der Waals surface area contributed by atoms with Gasteiger partial charge in [0.05, 0.1) is 16.2 Å². The van der Waals surface area contributed by atoms with Crippen molar-refractivity contribution in [3.63, 3.8) is 0 Å². The summed E-state index contributed by atoms with van der Waals surface area (Å²) in [5.74, 6) is -0.990. The quantitative estimate of drug-likeness (QED) is 0.588. The van der Waals surface area contributed by atoms with Gasteiger partial charge in [-0.2, -0.15) is 0 Å². The van der Waals surface area contributed by atoms with Crippen LogP contribution in [0.25, 0.3) is 5.57 Å². The lowest BCUT2D eigenvalue weighted by Gasteiger charge is -2.17. The molecule has 0 bridgehead atoms. The molecule has 0 atom stereocenters. The number of para-hydroxylation sites is 1. The van der Waals surface area contributed by atoms with Gasteiger partial charge in [-0.3, -0.25) is 24.2 Å². The second-order valence-electron chi connectivity index (χ2n) is 7.19. The minimum atomic E-state index is -0.375. The number of fused-ring (bicyclic) bond motifs is 1. The van der Waals surface area contributed by atoms with E-state index in [1.807, 2.05) is 32.0 Å². The summed E-state index contributed by atoms with van der Waals surface area (Å²) in [7, 11) is 1.59. The number of benzene rings is 2. The van der Waals surface area contributed by atoms with Gasteiger partial charge in [-0.15, -0.1) is 0 Å². The Bertz CT molecular complexity index is 1160. The average Bonchev–Trinajstić information content (AvgIpc) is 3.12. The van der Waals surface area contributed by atoms with Crippen LogP contribution in [0.2, 0.25) is 0 Å². The summed E-state index contributed by atoms with van der Waals surface area (Å²) in [6.45, 7) is 3.82. The normalized spacial score (nSPS) is 18.3. The zero-order chi connectivity index (χ0) is 21.6. The number of thiocarbonyl (C=S) groups is 1. The second-order valence-corrected chi connectivity index (χ2v) is 8.84. The van der Waals surface area contributed by atoms with Gasteiger partial charge >= 0.3 is 0 Å². The van der Waals surface area contributed by atoms with E-state index in [-0.39, 0.29) is 24.3 Å². The predicted molar refractivity (Wildman–Crippen MR) is 123 cm³/mol. The molecular weight excluding hydrogens is 418 g/mol. The van der Waals surface area contributed by atoms with Crippen LogP contribution in [-0.2, 0) is 14.4 Å². The van der Waals surface area contributed by atoms with Gasteiger partial charge in [-0.25, -0.2) is 0 Å². The number of hydrogen-bond donors (Lipinski definition) is 1. The number of anilines is 2. The van der Waals surface area contributed by atoms with Gasteiger partial charge < -0.3 is 5.32 Å². The lowest BCUT2D eigenvalue weighted by Crippen LogP contribution is -2.35. The molecule has 1 saturated heterocycles. The summed E-state index contributed by atoms with van der Waals surface area (Å²) in [4.78, 5) is 41.6. The summed E-state index contributed by atoms with van der Waals surface area (Å²) in [6, 6.07) is 12.8. The number of likely N-dealkylation sites (N-methyl/N-ethyl adjacent to an activating group) is 1. The molecule has 152 valence electrons. The zero-order valence-electron chi connectivity index (χ0n) is 16.7. The molecule has 0 spiro atoms. The fourth-order valence-corrected chi connectivity index (χ4v) is 4.66. The molecule has 2 aromatic carbocycles. The molecule has 4 rings (SSSR count). The Kier molecular flexibility index (Phi) is 5.21. The summed E-state index contributed by atoms with van der Waals surface area (Å²) < 4.78 is 0.402. The number of carbonyl (C=O) groups is 3. The molecule has 1 N–H and O–H groups in total. The molecule has 1 fully saturated rings. The van der Waals surface area contributed by atoms with E-state index in [1.165, 1.54) is 9.80 Å². The number of nitrogens with zero attached hydrogens (tertiary/aromatic N) is 2. The molecule has 30 heavy (non-hydrogen) atoms. The molecular formula is C22H19N3O3S2. The van der Waals surface area contributed by atoms with Crippen LogP contribution in [0.1, 0.15) is 16.7 Å². The van der Waals surface area contributed by atoms with Crippen LogP contribution in [-0.4, -0.2) is 40.5 Å². The number of aryl methyl sites for hydroxylation is 2. The number of thioether (sulfide) groups is 1. The van der Waals surface area contributed by atoms with Crippen molar-refractivity contribution in [2.45, 2.75) is 13.8 Å². The zero-order valence-corrected chi connectivity index (χ0v) is 18.3. The van der Waals surface area contributed by atoms with Gasteiger partial charge in [-0.05, 0) is 43.2 Å². The van der Waals surface area contributed by atoms with Crippen molar-refractivity contribution in [3.8, 4) is 0 Å². The van der Waals surface area contributed by atoms with Crippen LogP contribution in [0.5, 0.6) is 0 Å². The van der Waals surface area contributed by atoms with Crippen molar-refractivity contribution >= 4 is 63.0 Å². The van der Waals surface area contributed by atoms with Crippen molar-refractivity contribution in [2.75, 3.05) is 23.8 Å². The first-order chi connectivity index (χ1) is 14.3. The van der Waals surface area contributed by atoms with Gasteiger partial charge in [0, 0.05) is 18.3 Å². The molecule has 0 saturated carbocycles. The average molecular weight is 438 g/mol. The van der Waals surface area contributed by atoms with Crippen LogP contribution in [0.3, 0.4) is 0 Å². The highest BCUT2D eigenvalue weighted by Crippen LogP contribution is 2.44. The maximum absolute atomic E-state index is 13.3. The fraction of sp³-hybridized carbons (Fsp3) is 0.182. The van der Waals surface area contributed by atoms with Crippen LogP contribution >= 0.6 is 24.0 Å². The third-order valence-corrected chi connectivity index (χ3v) is 6.76. The Hall–Kier alpha value is -2.97. The third-order valence-electron chi connectivity index (χ3n) is 5.20. The molecule has 3 amide bonds. The van der Waals surface area contributed by atoms with Gasteiger partial charge in [0.15, 0.2) is 0 Å². The maximum Gasteiger partial charge on any atom is 0.266 e. The van der Waals surface area contributed by atoms with E-state index >= 15 is 0 Å². The van der Waals surface area contributed by atoms with Crippen molar-refractivity contribution in [2.24, 2.45) is 0 Å². The van der Waals surface area contributed by atoms with Gasteiger partial charge in [0.25, 0.3) is 11.8 Å². The van der Waals surface area contributed by atoms with E-state index in [0.29, 0.717) is 31.7 Å². The molecule has 0 aliphatic carbocycles. The number of rotatable bonds is 3. The Labute approximate surface area is 183 Å². The van der Waals surface area contributed by atoms with Crippen LogP contribution < -0.4 is 10.2 Å². The molecule has 2 heterocycles. The van der Waals surface area contributed by atoms with E-state index in [4.69, 9.17) is 12.2 Å². The van der Waals surface area contributed by atoms with Crippen molar-refractivity contribution < 1.29 is 14.4 Å². The Morgan fingerprint density at radius 3 is 2.47 bits per heavy atom. The van der Waals surface area contributed by atoms with Crippen molar-refractivity contribution in [1.82, 2.24) is 4.90 Å². The Morgan fingerprint density at radius 1 is 1.07 bits per heavy atom. The van der Waals surface area contributed by atoms with Crippen molar-refractivity contribution in [3.05, 3.63) is 64.1 Å². The molecule has 0 radical (unpaired) electrons. The van der Waals surface area contributed by atoms with Gasteiger partial charge in [-0.1, -0.05) is 48.2 Å². The predicted octanol–water partition coefficient (Wildman–Crippen LogP) is 3.49. The van der Waals surface area contributed by atoms with E-state index in [9.17, 15) is 14.4 Å². The van der Waals surface area contributed by atoms with Gasteiger partial charge in [0.1, 0.15) is 10.9 Å². The number of hydrogen-bond acceptors (Lipinski definition) is 5. The number of nitrogens with one attached hydrogen (secondary N) is 1. The van der Waals surface area contributed by atoms with E-state index in [2.05, 4.69) is 5.32 Å². The smallest absolute Gasteiger partial charge is 0.266 e. The summed E-state index contributed by atoms with van der Waals surface area (Å²) in [5, 5.41) is 2.85. The molecule has 2 aromatic rings.